The summed E-state index contributed by atoms with van der Waals surface area (Å²) in [6.45, 7) is 8.78. The predicted molar refractivity (Wildman–Crippen MR) is 107 cm³/mol. The number of amides is 1. The summed E-state index contributed by atoms with van der Waals surface area (Å²) in [5, 5.41) is 6.59. The summed E-state index contributed by atoms with van der Waals surface area (Å²) >= 11 is 1.38. The Morgan fingerprint density at radius 3 is 2.46 bits per heavy atom. The zero-order chi connectivity index (χ0) is 19.1. The molecule has 6 heteroatoms. The van der Waals surface area contributed by atoms with Gasteiger partial charge in [-0.15, -0.1) is 11.3 Å². The Hall–Kier alpha value is -2.18. The second-order valence-electron chi connectivity index (χ2n) is 6.45. The number of anilines is 1. The molecule has 1 atom stereocenters. The molecule has 2 rings (SSSR count). The lowest BCUT2D eigenvalue weighted by molar-refractivity contribution is -0.117. The molecule has 0 bridgehead atoms. The van der Waals surface area contributed by atoms with Gasteiger partial charge < -0.3 is 15.4 Å². The number of carbonyl (C=O) groups excluding carboxylic acids is 2. The predicted octanol–water partition coefficient (Wildman–Crippen LogP) is 4.16. The van der Waals surface area contributed by atoms with Crippen molar-refractivity contribution in [1.29, 1.82) is 0 Å². The number of benzene rings is 1. The van der Waals surface area contributed by atoms with Gasteiger partial charge in [0, 0.05) is 4.88 Å². The second kappa shape index (κ2) is 9.50. The molecule has 1 heterocycles. The maximum absolute atomic E-state index is 12.5. The lowest BCUT2D eigenvalue weighted by atomic mass is 10.1. The van der Waals surface area contributed by atoms with E-state index in [1.165, 1.54) is 11.3 Å². The van der Waals surface area contributed by atoms with Crippen LogP contribution in [0, 0.1) is 5.92 Å². The fourth-order valence-electron chi connectivity index (χ4n) is 2.31. The largest absolute Gasteiger partial charge is 0.462 e. The Labute approximate surface area is 158 Å². The van der Waals surface area contributed by atoms with Crippen LogP contribution in [0.15, 0.2) is 36.4 Å². The van der Waals surface area contributed by atoms with E-state index in [1.807, 2.05) is 37.3 Å². The average molecular weight is 375 g/mol. The summed E-state index contributed by atoms with van der Waals surface area (Å²) < 4.78 is 5.14. The Balaban J connectivity index is 2.23. The maximum Gasteiger partial charge on any atom is 0.341 e. The van der Waals surface area contributed by atoms with Gasteiger partial charge >= 0.3 is 5.97 Å². The van der Waals surface area contributed by atoms with E-state index >= 15 is 0 Å². The van der Waals surface area contributed by atoms with E-state index in [9.17, 15) is 9.59 Å². The first-order valence-electron chi connectivity index (χ1n) is 8.83. The standard InChI is InChI=1S/C20H26N2O3S/c1-5-25-20(24)16-11-17(15-9-7-6-8-10-15)26-19(16)22-18(23)14(4)21-12-13(2)3/h6-11,13-14,21H,5,12H2,1-4H3,(H,22,23)/t14-/m0/s1. The summed E-state index contributed by atoms with van der Waals surface area (Å²) in [6, 6.07) is 11.2. The van der Waals surface area contributed by atoms with Gasteiger partial charge in [0.25, 0.3) is 0 Å². The Morgan fingerprint density at radius 2 is 1.85 bits per heavy atom. The highest BCUT2D eigenvalue weighted by atomic mass is 32.1. The maximum atomic E-state index is 12.5. The fraction of sp³-hybridized carbons (Fsp3) is 0.400. The van der Waals surface area contributed by atoms with Crippen LogP contribution >= 0.6 is 11.3 Å². The number of hydrogen-bond acceptors (Lipinski definition) is 5. The summed E-state index contributed by atoms with van der Waals surface area (Å²) in [7, 11) is 0. The molecule has 0 aliphatic heterocycles. The minimum absolute atomic E-state index is 0.169. The molecular weight excluding hydrogens is 348 g/mol. The van der Waals surface area contributed by atoms with E-state index in [0.29, 0.717) is 16.5 Å². The molecule has 0 spiro atoms. The number of carbonyl (C=O) groups is 2. The van der Waals surface area contributed by atoms with Crippen molar-refractivity contribution in [1.82, 2.24) is 5.32 Å². The zero-order valence-corrected chi connectivity index (χ0v) is 16.5. The van der Waals surface area contributed by atoms with Crippen LogP contribution in [0.2, 0.25) is 0 Å². The van der Waals surface area contributed by atoms with Gasteiger partial charge in [-0.3, -0.25) is 4.79 Å². The molecule has 0 aliphatic carbocycles. The van der Waals surface area contributed by atoms with Crippen LogP contribution in [-0.4, -0.2) is 31.1 Å². The third-order valence-electron chi connectivity index (χ3n) is 3.75. The van der Waals surface area contributed by atoms with E-state index in [4.69, 9.17) is 4.74 Å². The van der Waals surface area contributed by atoms with Crippen LogP contribution in [-0.2, 0) is 9.53 Å². The smallest absolute Gasteiger partial charge is 0.341 e. The SMILES string of the molecule is CCOC(=O)c1cc(-c2ccccc2)sc1NC(=O)[C@H](C)NCC(C)C. The summed E-state index contributed by atoms with van der Waals surface area (Å²) in [5.41, 5.74) is 1.38. The highest BCUT2D eigenvalue weighted by molar-refractivity contribution is 7.20. The number of rotatable bonds is 8. The van der Waals surface area contributed by atoms with E-state index in [0.717, 1.165) is 17.0 Å². The van der Waals surface area contributed by atoms with Crippen LogP contribution in [0.5, 0.6) is 0 Å². The van der Waals surface area contributed by atoms with Crippen LogP contribution in [0.3, 0.4) is 0 Å². The minimum atomic E-state index is -0.427. The lowest BCUT2D eigenvalue weighted by Gasteiger charge is -2.15. The van der Waals surface area contributed by atoms with Crippen molar-refractivity contribution in [3.8, 4) is 10.4 Å². The van der Waals surface area contributed by atoms with Crippen molar-refractivity contribution in [3.05, 3.63) is 42.0 Å². The number of nitrogens with one attached hydrogen (secondary N) is 2. The molecule has 0 saturated heterocycles. The molecular formula is C20H26N2O3S. The highest BCUT2D eigenvalue weighted by Crippen LogP contribution is 2.36. The van der Waals surface area contributed by atoms with Gasteiger partial charge in [0.1, 0.15) is 5.00 Å². The molecule has 140 valence electrons. The molecule has 0 saturated carbocycles. The van der Waals surface area contributed by atoms with Crippen LogP contribution in [0.25, 0.3) is 10.4 Å². The Bertz CT molecular complexity index is 741. The first kappa shape index (κ1) is 20.1. The van der Waals surface area contributed by atoms with E-state index in [1.54, 1.807) is 13.0 Å². The monoisotopic (exact) mass is 374 g/mol. The van der Waals surface area contributed by atoms with Gasteiger partial charge in [-0.1, -0.05) is 44.2 Å². The number of hydrogen-bond donors (Lipinski definition) is 2. The van der Waals surface area contributed by atoms with Gasteiger partial charge in [-0.05, 0) is 37.9 Å². The molecule has 2 N–H and O–H groups in total. The molecule has 5 nitrogen and oxygen atoms in total. The topological polar surface area (TPSA) is 67.4 Å². The van der Waals surface area contributed by atoms with Gasteiger partial charge in [0.2, 0.25) is 5.91 Å². The number of esters is 1. The Morgan fingerprint density at radius 1 is 1.15 bits per heavy atom. The summed E-state index contributed by atoms with van der Waals surface area (Å²) in [5.74, 6) is -0.145. The van der Waals surface area contributed by atoms with E-state index in [2.05, 4.69) is 24.5 Å². The third-order valence-corrected chi connectivity index (χ3v) is 4.85. The first-order valence-corrected chi connectivity index (χ1v) is 9.64. The molecule has 26 heavy (non-hydrogen) atoms. The Kier molecular flexibility index (Phi) is 7.36. The second-order valence-corrected chi connectivity index (χ2v) is 7.51. The summed E-state index contributed by atoms with van der Waals surface area (Å²) in [4.78, 5) is 25.7. The third kappa shape index (κ3) is 5.41. The van der Waals surface area contributed by atoms with Crippen molar-refractivity contribution in [2.75, 3.05) is 18.5 Å². The quantitative estimate of drug-likeness (QED) is 0.681. The molecule has 2 aromatic rings. The molecule has 1 aromatic carbocycles. The normalized spacial score (nSPS) is 12.0. The molecule has 0 radical (unpaired) electrons. The minimum Gasteiger partial charge on any atom is -0.462 e. The van der Waals surface area contributed by atoms with Crippen LogP contribution < -0.4 is 10.6 Å². The van der Waals surface area contributed by atoms with Crippen molar-refractivity contribution < 1.29 is 14.3 Å². The zero-order valence-electron chi connectivity index (χ0n) is 15.7. The molecule has 0 aliphatic rings. The van der Waals surface area contributed by atoms with Crippen molar-refractivity contribution >= 4 is 28.2 Å². The van der Waals surface area contributed by atoms with E-state index < -0.39 is 5.97 Å². The van der Waals surface area contributed by atoms with Crippen molar-refractivity contribution in [2.45, 2.75) is 33.7 Å². The molecule has 0 fully saturated rings. The molecule has 1 aromatic heterocycles. The molecule has 1 amide bonds. The average Bonchev–Trinajstić information content (AvgIpc) is 3.04. The first-order chi connectivity index (χ1) is 12.4. The van der Waals surface area contributed by atoms with Crippen LogP contribution in [0.1, 0.15) is 38.1 Å². The lowest BCUT2D eigenvalue weighted by Crippen LogP contribution is -2.39. The van der Waals surface area contributed by atoms with Gasteiger partial charge in [-0.2, -0.15) is 0 Å². The van der Waals surface area contributed by atoms with Crippen molar-refractivity contribution in [2.24, 2.45) is 5.92 Å². The summed E-state index contributed by atoms with van der Waals surface area (Å²) in [6.07, 6.45) is 0. The van der Waals surface area contributed by atoms with Crippen molar-refractivity contribution in [3.63, 3.8) is 0 Å². The van der Waals surface area contributed by atoms with Gasteiger partial charge in [0.05, 0.1) is 18.2 Å². The van der Waals surface area contributed by atoms with E-state index in [-0.39, 0.29) is 18.6 Å². The fourth-order valence-corrected chi connectivity index (χ4v) is 3.37. The number of ether oxygens (including phenoxy) is 1. The van der Waals surface area contributed by atoms with Gasteiger partial charge in [-0.25, -0.2) is 4.79 Å². The van der Waals surface area contributed by atoms with Gasteiger partial charge in [0.15, 0.2) is 0 Å². The van der Waals surface area contributed by atoms with Crippen LogP contribution in [0.4, 0.5) is 5.00 Å². The highest BCUT2D eigenvalue weighted by Gasteiger charge is 2.21. The molecule has 0 unspecified atom stereocenters. The number of thiophene rings is 1.